The largest absolute Gasteiger partial charge is 0.465 e. The third-order valence-corrected chi connectivity index (χ3v) is 3.53. The Bertz CT molecular complexity index is 288. The zero-order valence-corrected chi connectivity index (χ0v) is 14.5. The Hall–Kier alpha value is -1.14. The molecular weight excluding hydrogens is 300 g/mol. The van der Waals surface area contributed by atoms with Gasteiger partial charge in [-0.25, -0.2) is 0 Å². The second-order valence-electron chi connectivity index (χ2n) is 6.16. The van der Waals surface area contributed by atoms with Gasteiger partial charge in [-0.2, -0.15) is 0 Å². The molecule has 0 radical (unpaired) electrons. The van der Waals surface area contributed by atoms with Crippen molar-refractivity contribution in [2.45, 2.75) is 58.8 Å². The van der Waals surface area contributed by atoms with Gasteiger partial charge in [-0.15, -0.1) is 0 Å². The SMILES string of the molecule is CC(CCCO)COC(=O)CCCC(=O)OCC(C)CCCO. The summed E-state index contributed by atoms with van der Waals surface area (Å²) in [6, 6.07) is 0. The van der Waals surface area contributed by atoms with Crippen molar-refractivity contribution in [2.75, 3.05) is 26.4 Å². The maximum absolute atomic E-state index is 11.5. The molecule has 2 unspecified atom stereocenters. The number of rotatable bonds is 14. The van der Waals surface area contributed by atoms with Crippen molar-refractivity contribution < 1.29 is 29.3 Å². The lowest BCUT2D eigenvalue weighted by molar-refractivity contribution is -0.146. The van der Waals surface area contributed by atoms with Gasteiger partial charge in [-0.05, 0) is 43.9 Å². The average molecular weight is 332 g/mol. The molecule has 6 nitrogen and oxygen atoms in total. The zero-order chi connectivity index (χ0) is 17.5. The summed E-state index contributed by atoms with van der Waals surface area (Å²) in [6.07, 6.45) is 3.91. The average Bonchev–Trinajstić information content (AvgIpc) is 2.54. The molecule has 0 saturated carbocycles. The van der Waals surface area contributed by atoms with Gasteiger partial charge in [0.15, 0.2) is 0 Å². The van der Waals surface area contributed by atoms with Gasteiger partial charge in [0.05, 0.1) is 13.2 Å². The molecule has 0 aromatic rings. The molecule has 6 heteroatoms. The molecule has 0 aromatic heterocycles. The lowest BCUT2D eigenvalue weighted by Crippen LogP contribution is -2.14. The van der Waals surface area contributed by atoms with Crippen LogP contribution < -0.4 is 0 Å². The van der Waals surface area contributed by atoms with Crippen LogP contribution in [0.15, 0.2) is 0 Å². The first-order valence-corrected chi connectivity index (χ1v) is 8.52. The molecule has 0 rings (SSSR count). The molecule has 136 valence electrons. The molecular formula is C17H32O6. The van der Waals surface area contributed by atoms with Crippen molar-refractivity contribution in [1.82, 2.24) is 0 Å². The maximum Gasteiger partial charge on any atom is 0.305 e. The monoisotopic (exact) mass is 332 g/mol. The number of hydrogen-bond donors (Lipinski definition) is 2. The van der Waals surface area contributed by atoms with E-state index >= 15 is 0 Å². The van der Waals surface area contributed by atoms with Gasteiger partial charge in [0.2, 0.25) is 0 Å². The van der Waals surface area contributed by atoms with E-state index in [0.717, 1.165) is 12.8 Å². The van der Waals surface area contributed by atoms with Crippen molar-refractivity contribution in [2.24, 2.45) is 11.8 Å². The first-order valence-electron chi connectivity index (χ1n) is 8.52. The minimum atomic E-state index is -0.301. The Kier molecular flexibility index (Phi) is 13.7. The fraction of sp³-hybridized carbons (Fsp3) is 0.882. The van der Waals surface area contributed by atoms with Crippen LogP contribution in [0.2, 0.25) is 0 Å². The van der Waals surface area contributed by atoms with Crippen molar-refractivity contribution in [3.8, 4) is 0 Å². The maximum atomic E-state index is 11.5. The summed E-state index contributed by atoms with van der Waals surface area (Å²) in [5.74, 6) is -0.136. The third-order valence-electron chi connectivity index (χ3n) is 3.53. The topological polar surface area (TPSA) is 93.1 Å². The van der Waals surface area contributed by atoms with Crippen LogP contribution in [-0.2, 0) is 19.1 Å². The second kappa shape index (κ2) is 14.5. The molecule has 2 N–H and O–H groups in total. The Balaban J connectivity index is 3.61. The Morgan fingerprint density at radius 3 is 1.52 bits per heavy atom. The molecule has 0 saturated heterocycles. The predicted molar refractivity (Wildman–Crippen MR) is 86.7 cm³/mol. The summed E-state index contributed by atoms with van der Waals surface area (Å²) < 4.78 is 10.3. The Morgan fingerprint density at radius 1 is 0.783 bits per heavy atom. The third kappa shape index (κ3) is 14.2. The first-order chi connectivity index (χ1) is 11.0. The molecule has 0 amide bonds. The highest BCUT2D eigenvalue weighted by atomic mass is 16.5. The van der Waals surface area contributed by atoms with E-state index in [0.29, 0.717) is 32.5 Å². The van der Waals surface area contributed by atoms with Gasteiger partial charge in [0.1, 0.15) is 0 Å². The highest BCUT2D eigenvalue weighted by molar-refractivity contribution is 5.72. The van der Waals surface area contributed by atoms with Gasteiger partial charge in [0.25, 0.3) is 0 Å². The van der Waals surface area contributed by atoms with E-state index in [-0.39, 0.29) is 49.8 Å². The van der Waals surface area contributed by atoms with Gasteiger partial charge >= 0.3 is 11.9 Å². The van der Waals surface area contributed by atoms with Crippen LogP contribution >= 0.6 is 0 Å². The lowest BCUT2D eigenvalue weighted by Gasteiger charge is -2.12. The molecule has 0 bridgehead atoms. The normalized spacial score (nSPS) is 13.4. The fourth-order valence-corrected chi connectivity index (χ4v) is 2.04. The number of carbonyl (C=O) groups excluding carboxylic acids is 2. The molecule has 0 heterocycles. The van der Waals surface area contributed by atoms with E-state index in [9.17, 15) is 9.59 Å². The minimum Gasteiger partial charge on any atom is -0.465 e. The summed E-state index contributed by atoms with van der Waals surface area (Å²) in [5.41, 5.74) is 0. The van der Waals surface area contributed by atoms with Gasteiger partial charge < -0.3 is 19.7 Å². The number of aliphatic hydroxyl groups excluding tert-OH is 2. The minimum absolute atomic E-state index is 0.152. The molecule has 0 aliphatic carbocycles. The van der Waals surface area contributed by atoms with E-state index in [1.165, 1.54) is 0 Å². The predicted octanol–water partition coefficient (Wildman–Crippen LogP) is 2.06. The second-order valence-corrected chi connectivity index (χ2v) is 6.16. The molecule has 23 heavy (non-hydrogen) atoms. The summed E-state index contributed by atoms with van der Waals surface area (Å²) in [6.45, 7) is 4.95. The molecule has 0 spiro atoms. The van der Waals surface area contributed by atoms with E-state index in [1.807, 2.05) is 13.8 Å². The highest BCUT2D eigenvalue weighted by Crippen LogP contribution is 2.09. The zero-order valence-electron chi connectivity index (χ0n) is 14.5. The quantitative estimate of drug-likeness (QED) is 0.473. The number of ether oxygens (including phenoxy) is 2. The number of carbonyl (C=O) groups is 2. The molecule has 2 atom stereocenters. The Morgan fingerprint density at radius 2 is 1.17 bits per heavy atom. The van der Waals surface area contributed by atoms with E-state index in [1.54, 1.807) is 0 Å². The summed E-state index contributed by atoms with van der Waals surface area (Å²) in [7, 11) is 0. The first kappa shape index (κ1) is 21.9. The smallest absolute Gasteiger partial charge is 0.305 e. The van der Waals surface area contributed by atoms with Gasteiger partial charge in [0, 0.05) is 26.1 Å². The van der Waals surface area contributed by atoms with Crippen molar-refractivity contribution >= 4 is 11.9 Å². The standard InChI is InChI=1S/C17H32O6/c1-14(6-4-10-18)12-22-16(20)8-3-9-17(21)23-13-15(2)7-5-11-19/h14-15,18-19H,3-13H2,1-2H3. The van der Waals surface area contributed by atoms with Crippen molar-refractivity contribution in [1.29, 1.82) is 0 Å². The molecule has 0 aromatic carbocycles. The van der Waals surface area contributed by atoms with E-state index in [2.05, 4.69) is 0 Å². The summed E-state index contributed by atoms with van der Waals surface area (Å²) in [4.78, 5) is 23.1. The van der Waals surface area contributed by atoms with E-state index in [4.69, 9.17) is 19.7 Å². The summed E-state index contributed by atoms with van der Waals surface area (Å²) in [5, 5.41) is 17.4. The summed E-state index contributed by atoms with van der Waals surface area (Å²) >= 11 is 0. The number of esters is 2. The van der Waals surface area contributed by atoms with Crippen molar-refractivity contribution in [3.63, 3.8) is 0 Å². The number of aliphatic hydroxyl groups is 2. The van der Waals surface area contributed by atoms with Crippen molar-refractivity contribution in [3.05, 3.63) is 0 Å². The van der Waals surface area contributed by atoms with Crippen LogP contribution in [0.3, 0.4) is 0 Å². The molecule has 0 fully saturated rings. The van der Waals surface area contributed by atoms with Crippen LogP contribution in [0.5, 0.6) is 0 Å². The van der Waals surface area contributed by atoms with Crippen LogP contribution in [0.25, 0.3) is 0 Å². The molecule has 0 aliphatic rings. The van der Waals surface area contributed by atoms with Gasteiger partial charge in [-0.3, -0.25) is 9.59 Å². The van der Waals surface area contributed by atoms with Crippen LogP contribution in [0.1, 0.15) is 58.8 Å². The highest BCUT2D eigenvalue weighted by Gasteiger charge is 2.11. The fourth-order valence-electron chi connectivity index (χ4n) is 2.04. The van der Waals surface area contributed by atoms with E-state index < -0.39 is 0 Å². The Labute approximate surface area is 139 Å². The van der Waals surface area contributed by atoms with Crippen LogP contribution in [-0.4, -0.2) is 48.6 Å². The number of hydrogen-bond acceptors (Lipinski definition) is 6. The lowest BCUT2D eigenvalue weighted by atomic mass is 10.1. The van der Waals surface area contributed by atoms with Crippen LogP contribution in [0, 0.1) is 11.8 Å². The van der Waals surface area contributed by atoms with Crippen LogP contribution in [0.4, 0.5) is 0 Å². The van der Waals surface area contributed by atoms with Gasteiger partial charge in [-0.1, -0.05) is 13.8 Å². The molecule has 0 aliphatic heterocycles.